The molecule has 0 aliphatic carbocycles. The first-order chi connectivity index (χ1) is 17.9. The van der Waals surface area contributed by atoms with E-state index in [2.05, 4.69) is 25.5 Å². The molecule has 0 atom stereocenters. The van der Waals surface area contributed by atoms with Crippen LogP contribution in [-0.2, 0) is 10.9 Å². The molecule has 2 aromatic heterocycles. The molecule has 0 amide bonds. The topological polar surface area (TPSA) is 84.7 Å². The van der Waals surface area contributed by atoms with Gasteiger partial charge in [0.2, 0.25) is 5.89 Å². The van der Waals surface area contributed by atoms with Gasteiger partial charge in [-0.3, -0.25) is 0 Å². The van der Waals surface area contributed by atoms with Crippen molar-refractivity contribution in [2.45, 2.75) is 6.18 Å². The molecule has 2 N–H and O–H groups in total. The molecule has 0 saturated carbocycles. The number of morpholine rings is 1. The van der Waals surface area contributed by atoms with Crippen LogP contribution in [0.4, 0.5) is 41.7 Å². The summed E-state index contributed by atoms with van der Waals surface area (Å²) in [6, 6.07) is 13.8. The van der Waals surface area contributed by atoms with E-state index >= 15 is 0 Å². The van der Waals surface area contributed by atoms with E-state index in [1.54, 1.807) is 24.3 Å². The largest absolute Gasteiger partial charge is 0.494 e. The molecule has 1 saturated heterocycles. The Hall–Kier alpha value is -4.25. The molecule has 3 heterocycles. The maximum atomic E-state index is 13.9. The third kappa shape index (κ3) is 5.46. The molecule has 0 radical (unpaired) electrons. The molecule has 192 valence electrons. The Morgan fingerprint density at radius 3 is 2.49 bits per heavy atom. The smallest absolute Gasteiger partial charge is 0.419 e. The number of anilines is 5. The molecule has 0 unspecified atom stereocenters. The number of benzene rings is 2. The van der Waals surface area contributed by atoms with Gasteiger partial charge in [0, 0.05) is 37.1 Å². The van der Waals surface area contributed by atoms with E-state index < -0.39 is 11.7 Å². The highest BCUT2D eigenvalue weighted by molar-refractivity contribution is 5.79. The normalized spacial score (nSPS) is 13.9. The summed E-state index contributed by atoms with van der Waals surface area (Å²) >= 11 is 0. The number of ether oxygens (including phenoxy) is 2. The second kappa shape index (κ2) is 10.4. The predicted octanol–water partition coefficient (Wildman–Crippen LogP) is 6.09. The predicted molar refractivity (Wildman–Crippen MR) is 134 cm³/mol. The number of para-hydroxylation sites is 1. The lowest BCUT2D eigenvalue weighted by molar-refractivity contribution is -0.137. The Morgan fingerprint density at radius 2 is 1.76 bits per heavy atom. The van der Waals surface area contributed by atoms with Crippen molar-refractivity contribution in [1.29, 1.82) is 0 Å². The molecule has 0 bridgehead atoms. The highest BCUT2D eigenvalue weighted by Crippen LogP contribution is 2.39. The highest BCUT2D eigenvalue weighted by Gasteiger charge is 2.34. The summed E-state index contributed by atoms with van der Waals surface area (Å²) in [5.41, 5.74) is 1.38. The van der Waals surface area contributed by atoms with E-state index in [0.29, 0.717) is 35.9 Å². The number of hydrogen-bond acceptors (Lipinski definition) is 8. The molecule has 1 fully saturated rings. The zero-order chi connectivity index (χ0) is 25.8. The van der Waals surface area contributed by atoms with Gasteiger partial charge in [0.25, 0.3) is 0 Å². The van der Waals surface area contributed by atoms with Crippen molar-refractivity contribution in [3.8, 4) is 17.2 Å². The number of hydrogen-bond donors (Lipinski definition) is 2. The number of nitrogens with one attached hydrogen (secondary N) is 2. The van der Waals surface area contributed by atoms with Crippen LogP contribution in [-0.4, -0.2) is 43.4 Å². The first-order valence-electron chi connectivity index (χ1n) is 11.5. The van der Waals surface area contributed by atoms with Gasteiger partial charge in [-0.05, 0) is 24.3 Å². The number of methoxy groups -OCH3 is 1. The Labute approximate surface area is 211 Å². The van der Waals surface area contributed by atoms with Crippen LogP contribution in [0.15, 0.2) is 71.6 Å². The SMILES string of the molecule is COc1cc(N2CCOCC2)ccc1Nc1cc(Nc2ccccc2-c2ncco2)c(C(F)(F)F)cn1. The first-order valence-corrected chi connectivity index (χ1v) is 11.5. The van der Waals surface area contributed by atoms with Gasteiger partial charge in [0.1, 0.15) is 17.8 Å². The van der Waals surface area contributed by atoms with Crippen molar-refractivity contribution >= 4 is 28.6 Å². The van der Waals surface area contributed by atoms with Crippen molar-refractivity contribution in [2.75, 3.05) is 48.9 Å². The molecule has 5 rings (SSSR count). The zero-order valence-corrected chi connectivity index (χ0v) is 19.9. The van der Waals surface area contributed by atoms with E-state index in [-0.39, 0.29) is 17.4 Å². The summed E-state index contributed by atoms with van der Waals surface area (Å²) in [4.78, 5) is 10.3. The molecule has 4 aromatic rings. The molecular weight excluding hydrogens is 487 g/mol. The quantitative estimate of drug-likeness (QED) is 0.309. The van der Waals surface area contributed by atoms with Crippen LogP contribution in [0.25, 0.3) is 11.5 Å². The molecular formula is C26H24F3N5O3. The van der Waals surface area contributed by atoms with Gasteiger partial charge in [-0.1, -0.05) is 12.1 Å². The third-order valence-corrected chi connectivity index (χ3v) is 5.89. The summed E-state index contributed by atoms with van der Waals surface area (Å²) in [6.07, 6.45) is -0.949. The number of nitrogens with zero attached hydrogens (tertiary/aromatic N) is 3. The molecule has 1 aliphatic heterocycles. The van der Waals surface area contributed by atoms with Gasteiger partial charge < -0.3 is 29.4 Å². The molecule has 37 heavy (non-hydrogen) atoms. The van der Waals surface area contributed by atoms with Crippen molar-refractivity contribution in [3.63, 3.8) is 0 Å². The van der Waals surface area contributed by atoms with Crippen LogP contribution < -0.4 is 20.3 Å². The lowest BCUT2D eigenvalue weighted by Gasteiger charge is -2.29. The number of halogens is 3. The van der Waals surface area contributed by atoms with Gasteiger partial charge in [0.05, 0.1) is 54.7 Å². The minimum atomic E-state index is -4.62. The lowest BCUT2D eigenvalue weighted by atomic mass is 10.1. The van der Waals surface area contributed by atoms with Crippen LogP contribution in [0, 0.1) is 0 Å². The maximum Gasteiger partial charge on any atom is 0.419 e. The lowest BCUT2D eigenvalue weighted by Crippen LogP contribution is -2.36. The second-order valence-corrected chi connectivity index (χ2v) is 8.23. The van der Waals surface area contributed by atoms with Gasteiger partial charge in [0.15, 0.2) is 0 Å². The van der Waals surface area contributed by atoms with Crippen molar-refractivity contribution in [2.24, 2.45) is 0 Å². The van der Waals surface area contributed by atoms with Crippen molar-refractivity contribution < 1.29 is 27.1 Å². The standard InChI is InChI=1S/C26H24F3N5O3/c1-35-23-14-17(34-9-12-36-13-10-34)6-7-21(23)33-24-15-22(19(16-31-24)26(27,28)29)32-20-5-3-2-4-18(20)25-30-8-11-37-25/h2-8,11,14-16H,9-10,12-13H2,1H3,(H2,31,32,33). The number of alkyl halides is 3. The third-order valence-electron chi connectivity index (χ3n) is 5.89. The van der Waals surface area contributed by atoms with Gasteiger partial charge in [-0.25, -0.2) is 9.97 Å². The minimum absolute atomic E-state index is 0.173. The highest BCUT2D eigenvalue weighted by atomic mass is 19.4. The summed E-state index contributed by atoms with van der Waals surface area (Å²) < 4.78 is 57.9. The van der Waals surface area contributed by atoms with E-state index in [0.717, 1.165) is 25.0 Å². The Morgan fingerprint density at radius 1 is 0.946 bits per heavy atom. The van der Waals surface area contributed by atoms with E-state index in [9.17, 15) is 13.2 Å². The van der Waals surface area contributed by atoms with E-state index in [1.807, 2.05) is 18.2 Å². The Balaban J connectivity index is 1.46. The first kappa shape index (κ1) is 24.4. The van der Waals surface area contributed by atoms with Crippen LogP contribution >= 0.6 is 0 Å². The van der Waals surface area contributed by atoms with Gasteiger partial charge in [-0.2, -0.15) is 13.2 Å². The number of oxazole rings is 1. The van der Waals surface area contributed by atoms with Crippen LogP contribution in [0.5, 0.6) is 5.75 Å². The average molecular weight is 512 g/mol. The number of aromatic nitrogens is 2. The average Bonchev–Trinajstić information content (AvgIpc) is 3.44. The fourth-order valence-electron chi connectivity index (χ4n) is 4.07. The number of pyridine rings is 1. The van der Waals surface area contributed by atoms with Crippen molar-refractivity contribution in [1.82, 2.24) is 9.97 Å². The summed E-state index contributed by atoms with van der Waals surface area (Å²) in [5, 5.41) is 5.98. The monoisotopic (exact) mass is 511 g/mol. The summed E-state index contributed by atoms with van der Waals surface area (Å²) in [7, 11) is 1.54. The van der Waals surface area contributed by atoms with Crippen LogP contribution in [0.1, 0.15) is 5.56 Å². The fourth-order valence-corrected chi connectivity index (χ4v) is 4.07. The number of rotatable bonds is 7. The van der Waals surface area contributed by atoms with Crippen LogP contribution in [0.2, 0.25) is 0 Å². The molecule has 1 aliphatic rings. The van der Waals surface area contributed by atoms with E-state index in [4.69, 9.17) is 13.9 Å². The molecule has 0 spiro atoms. The summed E-state index contributed by atoms with van der Waals surface area (Å²) in [6.45, 7) is 2.82. The van der Waals surface area contributed by atoms with Gasteiger partial charge in [-0.15, -0.1) is 0 Å². The Kier molecular flexibility index (Phi) is 6.87. The second-order valence-electron chi connectivity index (χ2n) is 8.23. The van der Waals surface area contributed by atoms with E-state index in [1.165, 1.54) is 25.6 Å². The fraction of sp³-hybridized carbons (Fsp3) is 0.231. The zero-order valence-electron chi connectivity index (χ0n) is 19.9. The Bertz CT molecular complexity index is 1360. The summed E-state index contributed by atoms with van der Waals surface area (Å²) in [5.74, 6) is 1.03. The molecule has 11 heteroatoms. The molecule has 8 nitrogen and oxygen atoms in total. The van der Waals surface area contributed by atoms with Crippen molar-refractivity contribution in [3.05, 3.63) is 72.8 Å². The maximum absolute atomic E-state index is 13.9. The minimum Gasteiger partial charge on any atom is -0.494 e. The van der Waals surface area contributed by atoms with Gasteiger partial charge >= 0.3 is 6.18 Å². The molecule has 2 aromatic carbocycles. The van der Waals surface area contributed by atoms with Crippen LogP contribution in [0.3, 0.4) is 0 Å².